The molecule has 3 rings (SSSR count). The summed E-state index contributed by atoms with van der Waals surface area (Å²) < 4.78 is 0. The van der Waals surface area contributed by atoms with Gasteiger partial charge in [0.25, 0.3) is 0 Å². The predicted octanol–water partition coefficient (Wildman–Crippen LogP) is 5.55. The van der Waals surface area contributed by atoms with E-state index >= 15 is 0 Å². The zero-order valence-corrected chi connectivity index (χ0v) is 12.6. The van der Waals surface area contributed by atoms with E-state index in [1.807, 2.05) is 42.5 Å². The van der Waals surface area contributed by atoms with Crippen molar-refractivity contribution < 1.29 is 0 Å². The summed E-state index contributed by atoms with van der Waals surface area (Å²) in [4.78, 5) is 2.87. The molecule has 0 saturated carbocycles. The summed E-state index contributed by atoms with van der Waals surface area (Å²) in [6.07, 6.45) is 3.36. The van der Waals surface area contributed by atoms with Crippen molar-refractivity contribution in [2.24, 2.45) is 0 Å². The fourth-order valence-electron chi connectivity index (χ4n) is 1.78. The molecule has 0 radical (unpaired) electrons. The monoisotopic (exact) mass is 314 g/mol. The highest BCUT2D eigenvalue weighted by Crippen LogP contribution is 2.34. The van der Waals surface area contributed by atoms with E-state index < -0.39 is 0 Å². The molecule has 0 aliphatic carbocycles. The van der Waals surface area contributed by atoms with Crippen LogP contribution in [-0.2, 0) is 0 Å². The average Bonchev–Trinajstić information content (AvgIpc) is 3.01. The first-order valence-corrected chi connectivity index (χ1v) is 7.01. The van der Waals surface area contributed by atoms with Gasteiger partial charge < -0.3 is 4.98 Å². The minimum atomic E-state index is 0.468. The smallest absolute Gasteiger partial charge is 0.101 e. The molecule has 3 aromatic rings. The lowest BCUT2D eigenvalue weighted by Crippen LogP contribution is -1.80. The van der Waals surface area contributed by atoms with Crippen LogP contribution < -0.4 is 0 Å². The Bertz CT molecular complexity index is 716. The highest BCUT2D eigenvalue weighted by Gasteiger charge is 2.11. The van der Waals surface area contributed by atoms with Crippen molar-refractivity contribution in [3.63, 3.8) is 0 Å². The van der Waals surface area contributed by atoms with E-state index in [-0.39, 0.29) is 0 Å². The number of H-pyrrole nitrogens is 1. The zero-order chi connectivity index (χ0) is 15.1. The third-order valence-electron chi connectivity index (χ3n) is 2.77. The lowest BCUT2D eigenvalue weighted by molar-refractivity contribution is 1.40. The van der Waals surface area contributed by atoms with Gasteiger partial charge in [-0.05, 0) is 6.07 Å². The number of hydrogen-bond donors (Lipinski definition) is 1. The van der Waals surface area contributed by atoms with Gasteiger partial charge in [-0.25, -0.2) is 0 Å². The summed E-state index contributed by atoms with van der Waals surface area (Å²) in [5.74, 6) is 0. The summed E-state index contributed by atoms with van der Waals surface area (Å²) in [6.45, 7) is 0. The molecule has 0 atom stereocenters. The van der Waals surface area contributed by atoms with Crippen LogP contribution in [0.15, 0.2) is 67.0 Å². The molecule has 21 heavy (non-hydrogen) atoms. The molecule has 1 aromatic heterocycles. The number of benzene rings is 2. The second-order valence-corrected chi connectivity index (χ2v) is 4.94. The number of aromatic amines is 1. The third-order valence-corrected chi connectivity index (χ3v) is 3.59. The first-order chi connectivity index (χ1) is 10.2. The van der Waals surface area contributed by atoms with Crippen molar-refractivity contribution in [2.45, 2.75) is 0 Å². The molecule has 1 heterocycles. The molecule has 0 amide bonds. The lowest BCUT2D eigenvalue weighted by atomic mass is 10.1. The Morgan fingerprint density at radius 3 is 2.00 bits per heavy atom. The van der Waals surface area contributed by atoms with E-state index in [0.29, 0.717) is 15.6 Å². The highest BCUT2D eigenvalue weighted by molar-refractivity contribution is 6.43. The van der Waals surface area contributed by atoms with Crippen molar-refractivity contribution >= 4 is 23.2 Å². The van der Waals surface area contributed by atoms with Gasteiger partial charge in [-0.1, -0.05) is 71.7 Å². The van der Waals surface area contributed by atoms with Crippen molar-refractivity contribution in [2.75, 3.05) is 0 Å². The number of hydrogen-bond acceptors (Lipinski definition) is 1. The normalized spacial score (nSPS) is 9.38. The Balaban J connectivity index is 0.000000225. The van der Waals surface area contributed by atoms with Gasteiger partial charge in [0, 0.05) is 23.5 Å². The van der Waals surface area contributed by atoms with Gasteiger partial charge in [-0.3, -0.25) is 0 Å². The molecule has 0 saturated heterocycles. The zero-order valence-electron chi connectivity index (χ0n) is 11.1. The van der Waals surface area contributed by atoms with Gasteiger partial charge in [-0.15, -0.1) is 0 Å². The topological polar surface area (TPSA) is 39.6 Å². The van der Waals surface area contributed by atoms with Gasteiger partial charge in [0.1, 0.15) is 6.07 Å². The minimum Gasteiger partial charge on any atom is -0.366 e. The molecule has 4 heteroatoms. The molecule has 0 unspecified atom stereocenters. The number of nitriles is 1. The molecule has 0 spiro atoms. The van der Waals surface area contributed by atoms with E-state index in [9.17, 15) is 0 Å². The Hall–Kier alpha value is -2.21. The fourth-order valence-corrected chi connectivity index (χ4v) is 2.18. The second-order valence-electron chi connectivity index (χ2n) is 4.15. The molecule has 2 aromatic carbocycles. The largest absolute Gasteiger partial charge is 0.366 e. The van der Waals surface area contributed by atoms with Crippen molar-refractivity contribution in [3.8, 4) is 17.2 Å². The number of halogens is 2. The highest BCUT2D eigenvalue weighted by atomic mass is 35.5. The van der Waals surface area contributed by atoms with Gasteiger partial charge in [0.05, 0.1) is 15.6 Å². The van der Waals surface area contributed by atoms with Crippen molar-refractivity contribution in [3.05, 3.63) is 82.6 Å². The van der Waals surface area contributed by atoms with Crippen molar-refractivity contribution in [1.82, 2.24) is 4.98 Å². The Morgan fingerprint density at radius 2 is 1.43 bits per heavy atom. The van der Waals surface area contributed by atoms with Crippen LogP contribution in [0, 0.1) is 11.3 Å². The lowest BCUT2D eigenvalue weighted by Gasteiger charge is -2.03. The first-order valence-electron chi connectivity index (χ1n) is 6.25. The summed E-state index contributed by atoms with van der Waals surface area (Å²) >= 11 is 12.0. The maximum absolute atomic E-state index is 8.88. The fraction of sp³-hybridized carbons (Fsp3) is 0. The van der Waals surface area contributed by atoms with Crippen LogP contribution in [-0.4, -0.2) is 4.98 Å². The van der Waals surface area contributed by atoms with Crippen molar-refractivity contribution in [1.29, 1.82) is 5.26 Å². The molecular formula is C17H12Cl2N2. The number of nitrogens with zero attached hydrogens (tertiary/aromatic N) is 1. The van der Waals surface area contributed by atoms with Crippen LogP contribution >= 0.6 is 23.2 Å². The average molecular weight is 315 g/mol. The molecular weight excluding hydrogens is 303 g/mol. The number of nitrogens with one attached hydrogen (secondary N) is 1. The molecule has 0 aliphatic rings. The molecule has 1 N–H and O–H groups in total. The standard InChI is InChI=1S/C11H6Cl2N2.C6H6/c12-10-3-1-2-8(11(10)13)9-6-15-5-7(9)4-14;1-2-4-6-5-3-1/h1-3,5-6,15H;1-6H. The quantitative estimate of drug-likeness (QED) is 0.628. The Kier molecular flexibility index (Phi) is 5.45. The van der Waals surface area contributed by atoms with E-state index in [2.05, 4.69) is 11.1 Å². The Morgan fingerprint density at radius 1 is 0.810 bits per heavy atom. The van der Waals surface area contributed by atoms with E-state index in [0.717, 1.165) is 11.1 Å². The summed E-state index contributed by atoms with van der Waals surface area (Å²) in [7, 11) is 0. The molecule has 2 nitrogen and oxygen atoms in total. The van der Waals surface area contributed by atoms with Crippen LogP contribution in [0.3, 0.4) is 0 Å². The third kappa shape index (κ3) is 3.88. The van der Waals surface area contributed by atoms with Crippen LogP contribution in [0.2, 0.25) is 10.0 Å². The maximum atomic E-state index is 8.88. The van der Waals surface area contributed by atoms with Gasteiger partial charge >= 0.3 is 0 Å². The van der Waals surface area contributed by atoms with Crippen LogP contribution in [0.4, 0.5) is 0 Å². The van der Waals surface area contributed by atoms with E-state index in [4.69, 9.17) is 28.5 Å². The Labute approximate surface area is 133 Å². The first kappa shape index (κ1) is 15.2. The van der Waals surface area contributed by atoms with Crippen LogP contribution in [0.1, 0.15) is 5.56 Å². The molecule has 104 valence electrons. The van der Waals surface area contributed by atoms with Gasteiger partial charge in [0.15, 0.2) is 0 Å². The van der Waals surface area contributed by atoms with Gasteiger partial charge in [-0.2, -0.15) is 5.26 Å². The van der Waals surface area contributed by atoms with Gasteiger partial charge in [0.2, 0.25) is 0 Å². The number of aromatic nitrogens is 1. The maximum Gasteiger partial charge on any atom is 0.101 e. The van der Waals surface area contributed by atoms with E-state index in [1.165, 1.54) is 0 Å². The molecule has 0 fully saturated rings. The minimum absolute atomic E-state index is 0.468. The number of rotatable bonds is 1. The summed E-state index contributed by atoms with van der Waals surface area (Å²) in [5.41, 5.74) is 2.09. The second kappa shape index (κ2) is 7.54. The molecule has 0 aliphatic heterocycles. The summed E-state index contributed by atoms with van der Waals surface area (Å²) in [6, 6.07) is 19.4. The molecule has 0 bridgehead atoms. The summed E-state index contributed by atoms with van der Waals surface area (Å²) in [5, 5.41) is 9.84. The van der Waals surface area contributed by atoms with Crippen LogP contribution in [0.25, 0.3) is 11.1 Å². The SMILES string of the molecule is N#Cc1c[nH]cc1-c1cccc(Cl)c1Cl.c1ccccc1. The predicted molar refractivity (Wildman–Crippen MR) is 87.4 cm³/mol. The van der Waals surface area contributed by atoms with Crippen LogP contribution in [0.5, 0.6) is 0 Å². The van der Waals surface area contributed by atoms with E-state index in [1.54, 1.807) is 24.5 Å².